The van der Waals surface area contributed by atoms with Crippen LogP contribution in [0.2, 0.25) is 0 Å². The largest absolute Gasteiger partial charge is 0.389 e. The quantitative estimate of drug-likeness (QED) is 0.929. The van der Waals surface area contributed by atoms with Gasteiger partial charge in [0.15, 0.2) is 0 Å². The van der Waals surface area contributed by atoms with Crippen molar-refractivity contribution >= 4 is 0 Å². The molecule has 1 aromatic rings. The molecule has 116 valence electrons. The normalized spacial score (nSPS) is 25.8. The number of aryl methyl sites for hydroxylation is 1. The van der Waals surface area contributed by atoms with E-state index in [4.69, 9.17) is 0 Å². The smallest absolute Gasteiger partial charge is 0.0755 e. The number of aliphatic hydroxyl groups is 1. The van der Waals surface area contributed by atoms with Gasteiger partial charge in [-0.25, -0.2) is 0 Å². The molecule has 0 aromatic carbocycles. The second-order valence-electron chi connectivity index (χ2n) is 7.29. The summed E-state index contributed by atoms with van der Waals surface area (Å²) in [5.41, 5.74) is 1.98. The Morgan fingerprint density at radius 1 is 1.38 bits per heavy atom. The van der Waals surface area contributed by atoms with Gasteiger partial charge in [0, 0.05) is 37.4 Å². The van der Waals surface area contributed by atoms with Crippen LogP contribution in [0.5, 0.6) is 0 Å². The Morgan fingerprint density at radius 2 is 2.14 bits per heavy atom. The summed E-state index contributed by atoms with van der Waals surface area (Å²) in [5, 5.41) is 11.2. The Labute approximate surface area is 128 Å². The number of fused-ring (bicyclic) bond motifs is 1. The average molecular weight is 288 g/mol. The second-order valence-corrected chi connectivity index (χ2v) is 7.29. The minimum atomic E-state index is -0.545. The molecule has 1 aromatic heterocycles. The van der Waals surface area contributed by atoms with Gasteiger partial charge in [-0.2, -0.15) is 0 Å². The lowest BCUT2D eigenvalue weighted by Gasteiger charge is -2.44. The van der Waals surface area contributed by atoms with E-state index in [0.29, 0.717) is 5.92 Å². The number of aromatic nitrogens is 1. The predicted octanol–water partition coefficient (Wildman–Crippen LogP) is 2.98. The molecule has 3 rings (SSSR count). The third-order valence-corrected chi connectivity index (χ3v) is 5.19. The lowest BCUT2D eigenvalue weighted by molar-refractivity contribution is -0.0494. The highest BCUT2D eigenvalue weighted by molar-refractivity contribution is 5.28. The average Bonchev–Trinajstić information content (AvgIpc) is 2.49. The summed E-state index contributed by atoms with van der Waals surface area (Å²) < 4.78 is 0. The Balaban J connectivity index is 1.73. The first-order valence-corrected chi connectivity index (χ1v) is 8.47. The van der Waals surface area contributed by atoms with Crippen molar-refractivity contribution in [2.75, 3.05) is 19.6 Å². The topological polar surface area (TPSA) is 36.4 Å². The summed E-state index contributed by atoms with van der Waals surface area (Å²) in [4.78, 5) is 7.12. The van der Waals surface area contributed by atoms with Gasteiger partial charge >= 0.3 is 0 Å². The van der Waals surface area contributed by atoms with Crippen molar-refractivity contribution in [1.82, 2.24) is 9.88 Å². The SMILES string of the molecule is CC(C)CN1CCC(O)(C2CCCc3cccnc32)CC1. The van der Waals surface area contributed by atoms with Gasteiger partial charge in [0.2, 0.25) is 0 Å². The number of hydrogen-bond acceptors (Lipinski definition) is 3. The summed E-state index contributed by atoms with van der Waals surface area (Å²) in [6, 6.07) is 4.21. The molecule has 1 atom stereocenters. The van der Waals surface area contributed by atoms with Gasteiger partial charge in [0.25, 0.3) is 0 Å². The van der Waals surface area contributed by atoms with E-state index in [-0.39, 0.29) is 5.92 Å². The highest BCUT2D eigenvalue weighted by Gasteiger charge is 2.42. The fourth-order valence-corrected chi connectivity index (χ4v) is 4.12. The number of piperidine rings is 1. The van der Waals surface area contributed by atoms with Gasteiger partial charge in [0.1, 0.15) is 0 Å². The minimum Gasteiger partial charge on any atom is -0.389 e. The van der Waals surface area contributed by atoms with E-state index in [2.05, 4.69) is 29.8 Å². The van der Waals surface area contributed by atoms with Crippen molar-refractivity contribution in [3.8, 4) is 0 Å². The molecule has 1 N–H and O–H groups in total. The molecule has 1 aliphatic heterocycles. The molecule has 0 radical (unpaired) electrons. The van der Waals surface area contributed by atoms with E-state index < -0.39 is 5.60 Å². The standard InChI is InChI=1S/C18H28N2O/c1-14(2)13-20-11-8-18(21,9-12-20)16-7-3-5-15-6-4-10-19-17(15)16/h4,6,10,14,16,21H,3,5,7-9,11-13H2,1-2H3. The zero-order valence-corrected chi connectivity index (χ0v) is 13.4. The molecule has 1 fully saturated rings. The Bertz CT molecular complexity index is 478. The van der Waals surface area contributed by atoms with E-state index in [1.54, 1.807) is 0 Å². The summed E-state index contributed by atoms with van der Waals surface area (Å²) in [7, 11) is 0. The lowest BCUT2D eigenvalue weighted by Crippen LogP contribution is -2.49. The molecule has 1 unspecified atom stereocenters. The van der Waals surface area contributed by atoms with E-state index >= 15 is 0 Å². The number of hydrogen-bond donors (Lipinski definition) is 1. The summed E-state index contributed by atoms with van der Waals surface area (Å²) in [6.07, 6.45) is 7.05. The van der Waals surface area contributed by atoms with Gasteiger partial charge < -0.3 is 10.0 Å². The number of nitrogens with zero attached hydrogens (tertiary/aromatic N) is 2. The van der Waals surface area contributed by atoms with Crippen LogP contribution in [-0.4, -0.2) is 40.2 Å². The molecule has 0 saturated carbocycles. The van der Waals surface area contributed by atoms with Gasteiger partial charge in [-0.1, -0.05) is 19.9 Å². The minimum absolute atomic E-state index is 0.239. The van der Waals surface area contributed by atoms with Crippen LogP contribution >= 0.6 is 0 Å². The lowest BCUT2D eigenvalue weighted by atomic mass is 9.71. The van der Waals surface area contributed by atoms with E-state index in [9.17, 15) is 5.11 Å². The molecule has 1 saturated heterocycles. The first-order valence-electron chi connectivity index (χ1n) is 8.47. The Kier molecular flexibility index (Phi) is 4.32. The van der Waals surface area contributed by atoms with Crippen LogP contribution < -0.4 is 0 Å². The molecule has 21 heavy (non-hydrogen) atoms. The van der Waals surface area contributed by atoms with Crippen molar-refractivity contribution in [3.63, 3.8) is 0 Å². The summed E-state index contributed by atoms with van der Waals surface area (Å²) in [5.74, 6) is 0.942. The van der Waals surface area contributed by atoms with Crippen molar-refractivity contribution in [3.05, 3.63) is 29.6 Å². The molecule has 0 bridgehead atoms. The molecule has 2 aliphatic rings. The fraction of sp³-hybridized carbons (Fsp3) is 0.722. The van der Waals surface area contributed by atoms with Crippen LogP contribution in [0.15, 0.2) is 18.3 Å². The maximum atomic E-state index is 11.2. The molecular formula is C18H28N2O. The predicted molar refractivity (Wildman–Crippen MR) is 85.4 cm³/mol. The van der Waals surface area contributed by atoms with Crippen LogP contribution in [0.4, 0.5) is 0 Å². The van der Waals surface area contributed by atoms with Gasteiger partial charge in [0.05, 0.1) is 5.60 Å². The van der Waals surface area contributed by atoms with Crippen molar-refractivity contribution in [1.29, 1.82) is 0 Å². The summed E-state index contributed by atoms with van der Waals surface area (Å²) in [6.45, 7) is 7.72. The van der Waals surface area contributed by atoms with Crippen LogP contribution in [0, 0.1) is 5.92 Å². The molecular weight excluding hydrogens is 260 g/mol. The zero-order valence-electron chi connectivity index (χ0n) is 13.4. The van der Waals surface area contributed by atoms with Gasteiger partial charge in [-0.15, -0.1) is 0 Å². The molecule has 0 amide bonds. The third kappa shape index (κ3) is 3.14. The summed E-state index contributed by atoms with van der Waals surface area (Å²) >= 11 is 0. The maximum Gasteiger partial charge on any atom is 0.0755 e. The first-order chi connectivity index (χ1) is 10.1. The van der Waals surface area contributed by atoms with Crippen LogP contribution in [0.1, 0.15) is 56.7 Å². The van der Waals surface area contributed by atoms with E-state index in [0.717, 1.165) is 45.3 Å². The van der Waals surface area contributed by atoms with Crippen molar-refractivity contribution < 1.29 is 5.11 Å². The maximum absolute atomic E-state index is 11.2. The van der Waals surface area contributed by atoms with E-state index in [1.165, 1.54) is 17.7 Å². The van der Waals surface area contributed by atoms with Crippen molar-refractivity contribution in [2.45, 2.75) is 57.5 Å². The Hall–Kier alpha value is -0.930. The van der Waals surface area contributed by atoms with Crippen molar-refractivity contribution in [2.24, 2.45) is 5.92 Å². The monoisotopic (exact) mass is 288 g/mol. The number of rotatable bonds is 3. The van der Waals surface area contributed by atoms with Gasteiger partial charge in [-0.3, -0.25) is 4.98 Å². The van der Waals surface area contributed by atoms with Gasteiger partial charge in [-0.05, 0) is 49.7 Å². The second kappa shape index (κ2) is 6.05. The van der Waals surface area contributed by atoms with Crippen LogP contribution in [-0.2, 0) is 6.42 Å². The zero-order chi connectivity index (χ0) is 14.9. The molecule has 0 spiro atoms. The first kappa shape index (κ1) is 15.0. The fourth-order valence-electron chi connectivity index (χ4n) is 4.12. The Morgan fingerprint density at radius 3 is 2.86 bits per heavy atom. The van der Waals surface area contributed by atoms with Crippen LogP contribution in [0.25, 0.3) is 0 Å². The molecule has 1 aliphatic carbocycles. The van der Waals surface area contributed by atoms with Crippen LogP contribution in [0.3, 0.4) is 0 Å². The number of pyridine rings is 1. The highest BCUT2D eigenvalue weighted by Crippen LogP contribution is 2.43. The van der Waals surface area contributed by atoms with E-state index in [1.807, 2.05) is 12.3 Å². The molecule has 3 heteroatoms. The molecule has 2 heterocycles. The number of likely N-dealkylation sites (tertiary alicyclic amines) is 1. The molecule has 3 nitrogen and oxygen atoms in total. The third-order valence-electron chi connectivity index (χ3n) is 5.19. The highest BCUT2D eigenvalue weighted by atomic mass is 16.3.